The van der Waals surface area contributed by atoms with Gasteiger partial charge in [-0.3, -0.25) is 0 Å². The molecule has 0 saturated carbocycles. The van der Waals surface area contributed by atoms with Gasteiger partial charge >= 0.3 is 6.03 Å². The predicted molar refractivity (Wildman–Crippen MR) is 103 cm³/mol. The summed E-state index contributed by atoms with van der Waals surface area (Å²) in [5.41, 5.74) is 2.48. The number of hydrogen-bond donors (Lipinski definition) is 1. The van der Waals surface area contributed by atoms with Crippen LogP contribution in [0.1, 0.15) is 23.6 Å². The topological polar surface area (TPSA) is 69.7 Å². The van der Waals surface area contributed by atoms with E-state index >= 15 is 0 Å². The summed E-state index contributed by atoms with van der Waals surface area (Å²) in [6.45, 7) is 1.41. The third-order valence-electron chi connectivity index (χ3n) is 5.34. The Morgan fingerprint density at radius 1 is 0.926 bits per heavy atom. The Bertz CT molecular complexity index is 922. The Hall–Kier alpha value is -2.38. The molecule has 1 saturated heterocycles. The summed E-state index contributed by atoms with van der Waals surface area (Å²) >= 11 is 0. The van der Waals surface area contributed by atoms with Crippen LogP contribution in [0.5, 0.6) is 0 Å². The SMILES string of the molecule is O=C(NC1CCc2ccccc21)N1CCN(S(=O)(=O)c2ccccc2)CC1. The molecule has 2 aromatic carbocycles. The minimum absolute atomic E-state index is 0.0415. The van der Waals surface area contributed by atoms with Crippen molar-refractivity contribution in [3.63, 3.8) is 0 Å². The van der Waals surface area contributed by atoms with E-state index in [1.807, 2.05) is 12.1 Å². The number of urea groups is 1. The molecule has 1 fully saturated rings. The van der Waals surface area contributed by atoms with Gasteiger partial charge in [0.05, 0.1) is 10.9 Å². The maximum Gasteiger partial charge on any atom is 0.317 e. The molecule has 1 atom stereocenters. The molecule has 1 aliphatic carbocycles. The number of nitrogens with zero attached hydrogens (tertiary/aromatic N) is 2. The first kappa shape index (κ1) is 18.0. The average molecular weight is 385 g/mol. The second-order valence-corrected chi connectivity index (χ2v) is 8.88. The predicted octanol–water partition coefficient (Wildman–Crippen LogP) is 2.39. The number of hydrogen-bond acceptors (Lipinski definition) is 3. The number of carbonyl (C=O) groups is 1. The van der Waals surface area contributed by atoms with E-state index in [4.69, 9.17) is 0 Å². The lowest BCUT2D eigenvalue weighted by Crippen LogP contribution is -2.53. The van der Waals surface area contributed by atoms with Crippen LogP contribution in [0.2, 0.25) is 0 Å². The second kappa shape index (κ2) is 7.32. The van der Waals surface area contributed by atoms with Crippen LogP contribution in [-0.4, -0.2) is 49.8 Å². The van der Waals surface area contributed by atoms with Crippen LogP contribution in [0.3, 0.4) is 0 Å². The highest BCUT2D eigenvalue weighted by Gasteiger charge is 2.31. The van der Waals surface area contributed by atoms with Gasteiger partial charge in [0.15, 0.2) is 0 Å². The lowest BCUT2D eigenvalue weighted by molar-refractivity contribution is 0.169. The quantitative estimate of drug-likeness (QED) is 0.882. The first-order valence-electron chi connectivity index (χ1n) is 9.24. The van der Waals surface area contributed by atoms with Crippen LogP contribution >= 0.6 is 0 Å². The van der Waals surface area contributed by atoms with Crippen molar-refractivity contribution in [1.82, 2.24) is 14.5 Å². The van der Waals surface area contributed by atoms with Gasteiger partial charge in [-0.2, -0.15) is 4.31 Å². The standard InChI is InChI=1S/C20H23N3O3S/c24-20(21-19-11-10-16-6-4-5-9-18(16)19)22-12-14-23(15-13-22)27(25,26)17-7-2-1-3-8-17/h1-9,19H,10-15H2,(H,21,24). The van der Waals surface area contributed by atoms with E-state index in [-0.39, 0.29) is 12.1 Å². The molecular weight excluding hydrogens is 362 g/mol. The third kappa shape index (κ3) is 3.57. The molecule has 0 aromatic heterocycles. The second-order valence-electron chi connectivity index (χ2n) is 6.94. The molecule has 7 heteroatoms. The molecule has 2 amide bonds. The summed E-state index contributed by atoms with van der Waals surface area (Å²) in [5.74, 6) is 0. The fourth-order valence-corrected chi connectivity index (χ4v) is 5.26. The molecule has 4 rings (SSSR count). The Kier molecular flexibility index (Phi) is 4.88. The number of amides is 2. The summed E-state index contributed by atoms with van der Waals surface area (Å²) in [4.78, 5) is 14.6. The van der Waals surface area contributed by atoms with E-state index in [1.54, 1.807) is 35.2 Å². The summed E-state index contributed by atoms with van der Waals surface area (Å²) in [5, 5.41) is 3.11. The first-order chi connectivity index (χ1) is 13.1. The van der Waals surface area contributed by atoms with E-state index in [1.165, 1.54) is 15.4 Å². The number of rotatable bonds is 3. The molecule has 1 unspecified atom stereocenters. The minimum atomic E-state index is -3.50. The zero-order valence-corrected chi connectivity index (χ0v) is 15.9. The fourth-order valence-electron chi connectivity index (χ4n) is 3.82. The van der Waals surface area contributed by atoms with Crippen molar-refractivity contribution in [1.29, 1.82) is 0 Å². The van der Waals surface area contributed by atoms with Crippen molar-refractivity contribution in [2.24, 2.45) is 0 Å². The summed E-state index contributed by atoms with van der Waals surface area (Å²) in [7, 11) is -3.50. The molecule has 142 valence electrons. The van der Waals surface area contributed by atoms with Gasteiger partial charge in [-0.05, 0) is 36.1 Å². The zero-order chi connectivity index (χ0) is 18.9. The van der Waals surface area contributed by atoms with E-state index in [0.29, 0.717) is 31.1 Å². The summed E-state index contributed by atoms with van der Waals surface area (Å²) in [6.07, 6.45) is 1.89. The molecule has 1 heterocycles. The van der Waals surface area contributed by atoms with Crippen molar-refractivity contribution in [2.45, 2.75) is 23.8 Å². The summed E-state index contributed by atoms with van der Waals surface area (Å²) in [6, 6.07) is 16.6. The molecule has 1 aliphatic heterocycles. The van der Waals surface area contributed by atoms with Crippen molar-refractivity contribution in [3.05, 3.63) is 65.7 Å². The van der Waals surface area contributed by atoms with Crippen molar-refractivity contribution in [2.75, 3.05) is 26.2 Å². The smallest absolute Gasteiger partial charge is 0.317 e. The van der Waals surface area contributed by atoms with Crippen LogP contribution in [0, 0.1) is 0 Å². The van der Waals surface area contributed by atoms with Crippen molar-refractivity contribution in [3.8, 4) is 0 Å². The number of benzene rings is 2. The summed E-state index contributed by atoms with van der Waals surface area (Å²) < 4.78 is 26.8. The number of fused-ring (bicyclic) bond motifs is 1. The van der Waals surface area contributed by atoms with Crippen LogP contribution < -0.4 is 5.32 Å². The van der Waals surface area contributed by atoms with Gasteiger partial charge in [-0.25, -0.2) is 13.2 Å². The van der Waals surface area contributed by atoms with Crippen LogP contribution in [0.15, 0.2) is 59.5 Å². The molecule has 27 heavy (non-hydrogen) atoms. The highest BCUT2D eigenvalue weighted by molar-refractivity contribution is 7.89. The number of carbonyl (C=O) groups excluding carboxylic acids is 1. The number of piperazine rings is 1. The molecule has 2 aromatic rings. The molecule has 0 bridgehead atoms. The normalized spacial score (nSPS) is 20.3. The molecular formula is C20H23N3O3S. The van der Waals surface area contributed by atoms with E-state index < -0.39 is 10.0 Å². The molecule has 0 radical (unpaired) electrons. The molecule has 0 spiro atoms. The Balaban J connectivity index is 1.36. The monoisotopic (exact) mass is 385 g/mol. The maximum absolute atomic E-state index is 12.7. The lowest BCUT2D eigenvalue weighted by Gasteiger charge is -2.34. The zero-order valence-electron chi connectivity index (χ0n) is 15.0. The van der Waals surface area contributed by atoms with Gasteiger partial charge in [0.1, 0.15) is 0 Å². The van der Waals surface area contributed by atoms with Gasteiger partial charge in [0, 0.05) is 26.2 Å². The van der Waals surface area contributed by atoms with Gasteiger partial charge in [0.2, 0.25) is 10.0 Å². The number of sulfonamides is 1. The molecule has 6 nitrogen and oxygen atoms in total. The van der Waals surface area contributed by atoms with E-state index in [9.17, 15) is 13.2 Å². The van der Waals surface area contributed by atoms with Crippen molar-refractivity contribution >= 4 is 16.1 Å². The van der Waals surface area contributed by atoms with Gasteiger partial charge in [-0.15, -0.1) is 0 Å². The Labute approximate surface area is 159 Å². The minimum Gasteiger partial charge on any atom is -0.331 e. The number of nitrogens with one attached hydrogen (secondary N) is 1. The average Bonchev–Trinajstić information content (AvgIpc) is 3.12. The highest BCUT2D eigenvalue weighted by Crippen LogP contribution is 2.30. The van der Waals surface area contributed by atoms with Gasteiger partial charge in [-0.1, -0.05) is 42.5 Å². The number of aryl methyl sites for hydroxylation is 1. The third-order valence-corrected chi connectivity index (χ3v) is 7.25. The molecule has 2 aliphatic rings. The van der Waals surface area contributed by atoms with Crippen LogP contribution in [0.4, 0.5) is 4.79 Å². The van der Waals surface area contributed by atoms with Gasteiger partial charge < -0.3 is 10.2 Å². The Morgan fingerprint density at radius 2 is 1.59 bits per heavy atom. The first-order valence-corrected chi connectivity index (χ1v) is 10.7. The van der Waals surface area contributed by atoms with E-state index in [0.717, 1.165) is 12.8 Å². The lowest BCUT2D eigenvalue weighted by atomic mass is 10.1. The van der Waals surface area contributed by atoms with Crippen LogP contribution in [-0.2, 0) is 16.4 Å². The largest absolute Gasteiger partial charge is 0.331 e. The highest BCUT2D eigenvalue weighted by atomic mass is 32.2. The fraction of sp³-hybridized carbons (Fsp3) is 0.350. The van der Waals surface area contributed by atoms with Gasteiger partial charge in [0.25, 0.3) is 0 Å². The van der Waals surface area contributed by atoms with Crippen molar-refractivity contribution < 1.29 is 13.2 Å². The molecule has 1 N–H and O–H groups in total. The maximum atomic E-state index is 12.7. The Morgan fingerprint density at radius 3 is 2.33 bits per heavy atom. The van der Waals surface area contributed by atoms with E-state index in [2.05, 4.69) is 17.4 Å². The van der Waals surface area contributed by atoms with Crippen LogP contribution in [0.25, 0.3) is 0 Å².